The van der Waals surface area contributed by atoms with E-state index in [1.807, 2.05) is 0 Å². The number of carbonyl (C=O) groups is 1. The molecule has 1 N–H and O–H groups in total. The molecule has 0 fully saturated rings. The number of carbonyl (C=O) groups excluding carboxylic acids is 1. The van der Waals surface area contributed by atoms with Crippen molar-refractivity contribution < 1.29 is 13.9 Å². The molecule has 0 bridgehead atoms. The van der Waals surface area contributed by atoms with Crippen LogP contribution >= 0.6 is 0 Å². The van der Waals surface area contributed by atoms with Gasteiger partial charge >= 0.3 is 5.69 Å². The van der Waals surface area contributed by atoms with Gasteiger partial charge in [-0.1, -0.05) is 12.5 Å². The van der Waals surface area contributed by atoms with E-state index in [0.717, 1.165) is 37.1 Å². The van der Waals surface area contributed by atoms with E-state index in [1.54, 1.807) is 22.9 Å². The van der Waals surface area contributed by atoms with E-state index in [1.165, 1.54) is 28.9 Å². The number of ether oxygens (including phenoxy) is 1. The smallest absolute Gasteiger partial charge is 0.346 e. The van der Waals surface area contributed by atoms with Gasteiger partial charge in [0.2, 0.25) is 11.8 Å². The summed E-state index contributed by atoms with van der Waals surface area (Å²) in [4.78, 5) is 28.9. The Kier molecular flexibility index (Phi) is 5.87. The molecule has 0 spiro atoms. The van der Waals surface area contributed by atoms with Crippen LogP contribution in [-0.4, -0.2) is 25.2 Å². The van der Waals surface area contributed by atoms with Gasteiger partial charge < -0.3 is 10.1 Å². The number of nitrogens with one attached hydrogen (secondary N) is 1. The molecule has 3 aromatic rings. The maximum atomic E-state index is 12.9. The largest absolute Gasteiger partial charge is 0.439 e. The number of amides is 1. The second kappa shape index (κ2) is 8.89. The van der Waals surface area contributed by atoms with Gasteiger partial charge in [-0.05, 0) is 42.7 Å². The Morgan fingerprint density at radius 2 is 1.97 bits per heavy atom. The molecule has 1 aliphatic heterocycles. The maximum absolute atomic E-state index is 12.9. The molecule has 0 saturated carbocycles. The van der Waals surface area contributed by atoms with Crippen molar-refractivity contribution in [1.82, 2.24) is 24.6 Å². The second-order valence-electron chi connectivity index (χ2n) is 7.16. The second-order valence-corrected chi connectivity index (χ2v) is 7.16. The highest BCUT2D eigenvalue weighted by molar-refractivity contribution is 5.75. The molecular formula is C21H22FN5O3. The minimum Gasteiger partial charge on any atom is -0.439 e. The lowest BCUT2D eigenvalue weighted by Crippen LogP contribution is -2.33. The van der Waals surface area contributed by atoms with Crippen LogP contribution in [0.15, 0.2) is 47.4 Å². The number of hydrogen-bond acceptors (Lipinski definition) is 5. The molecule has 1 aromatic carbocycles. The van der Waals surface area contributed by atoms with Gasteiger partial charge in [0.25, 0.3) is 0 Å². The Hall–Kier alpha value is -3.49. The summed E-state index contributed by atoms with van der Waals surface area (Å²) in [5.74, 6) is 0.967. The molecule has 3 heterocycles. The summed E-state index contributed by atoms with van der Waals surface area (Å²) in [6, 6.07) is 9.09. The zero-order chi connectivity index (χ0) is 20.9. The van der Waals surface area contributed by atoms with E-state index >= 15 is 0 Å². The standard InChI is InChI=1S/C21H22FN5O3/c22-16-6-8-17(9-7-16)30-20-10-5-15(13-24-20)12-23-19(28)14-27-21(29)26-11-3-1-2-4-18(26)25-27/h5-10,13H,1-4,11-12,14H2,(H,23,28). The highest BCUT2D eigenvalue weighted by atomic mass is 19.1. The van der Waals surface area contributed by atoms with Crippen molar-refractivity contribution in [2.24, 2.45) is 0 Å². The first kappa shape index (κ1) is 19.8. The van der Waals surface area contributed by atoms with E-state index in [2.05, 4.69) is 15.4 Å². The van der Waals surface area contributed by atoms with Crippen molar-refractivity contribution in [3.8, 4) is 11.6 Å². The molecule has 156 valence electrons. The summed E-state index contributed by atoms with van der Waals surface area (Å²) < 4.78 is 21.4. The number of pyridine rings is 1. The lowest BCUT2D eigenvalue weighted by atomic mass is 10.2. The third-order valence-electron chi connectivity index (χ3n) is 4.90. The molecule has 4 rings (SSSR count). The number of fused-ring (bicyclic) bond motifs is 1. The first-order valence-corrected chi connectivity index (χ1v) is 9.90. The third kappa shape index (κ3) is 4.73. The fourth-order valence-corrected chi connectivity index (χ4v) is 3.32. The number of benzene rings is 1. The Balaban J connectivity index is 1.31. The van der Waals surface area contributed by atoms with Crippen molar-refractivity contribution >= 4 is 5.91 Å². The van der Waals surface area contributed by atoms with Gasteiger partial charge in [0.15, 0.2) is 0 Å². The number of halogens is 1. The number of aromatic nitrogens is 4. The Morgan fingerprint density at radius 1 is 1.13 bits per heavy atom. The van der Waals surface area contributed by atoms with Crippen LogP contribution in [0.1, 0.15) is 30.7 Å². The molecule has 1 amide bonds. The SMILES string of the molecule is O=C(Cn1nc2n(c1=O)CCCCC2)NCc1ccc(Oc2ccc(F)cc2)nc1. The van der Waals surface area contributed by atoms with Crippen molar-refractivity contribution in [3.63, 3.8) is 0 Å². The minimum atomic E-state index is -0.338. The lowest BCUT2D eigenvalue weighted by Gasteiger charge is -2.07. The topological polar surface area (TPSA) is 91.0 Å². The summed E-state index contributed by atoms with van der Waals surface area (Å²) in [6.07, 6.45) is 5.41. The molecule has 30 heavy (non-hydrogen) atoms. The molecule has 0 radical (unpaired) electrons. The summed E-state index contributed by atoms with van der Waals surface area (Å²) in [5.41, 5.74) is 0.550. The van der Waals surface area contributed by atoms with Gasteiger partial charge in [0.1, 0.15) is 23.9 Å². The van der Waals surface area contributed by atoms with Crippen LogP contribution in [0.5, 0.6) is 11.6 Å². The van der Waals surface area contributed by atoms with Gasteiger partial charge in [-0.2, -0.15) is 5.10 Å². The highest BCUT2D eigenvalue weighted by Crippen LogP contribution is 2.19. The first-order valence-electron chi connectivity index (χ1n) is 9.90. The fourth-order valence-electron chi connectivity index (χ4n) is 3.32. The molecule has 1 aliphatic rings. The van der Waals surface area contributed by atoms with Crippen LogP contribution in [0, 0.1) is 5.82 Å². The van der Waals surface area contributed by atoms with Crippen LogP contribution in [-0.2, 0) is 30.8 Å². The molecular weight excluding hydrogens is 389 g/mol. The van der Waals surface area contributed by atoms with Gasteiger partial charge in [0.05, 0.1) is 0 Å². The fraction of sp³-hybridized carbons (Fsp3) is 0.333. The predicted octanol–water partition coefficient (Wildman–Crippen LogP) is 2.41. The highest BCUT2D eigenvalue weighted by Gasteiger charge is 2.17. The van der Waals surface area contributed by atoms with E-state index < -0.39 is 0 Å². The van der Waals surface area contributed by atoms with E-state index in [9.17, 15) is 14.0 Å². The van der Waals surface area contributed by atoms with E-state index in [4.69, 9.17) is 4.74 Å². The first-order chi connectivity index (χ1) is 14.6. The van der Waals surface area contributed by atoms with Crippen LogP contribution in [0.25, 0.3) is 0 Å². The predicted molar refractivity (Wildman–Crippen MR) is 107 cm³/mol. The molecule has 9 heteroatoms. The average Bonchev–Trinajstić information content (AvgIpc) is 2.91. The lowest BCUT2D eigenvalue weighted by molar-refractivity contribution is -0.122. The number of aryl methyl sites for hydroxylation is 1. The van der Waals surface area contributed by atoms with Crippen LogP contribution in [0.2, 0.25) is 0 Å². The number of rotatable bonds is 6. The number of hydrogen-bond donors (Lipinski definition) is 1. The van der Waals surface area contributed by atoms with Gasteiger partial charge in [0, 0.05) is 31.8 Å². The van der Waals surface area contributed by atoms with Crippen molar-refractivity contribution in [2.45, 2.75) is 45.3 Å². The van der Waals surface area contributed by atoms with Crippen LogP contribution in [0.4, 0.5) is 4.39 Å². The van der Waals surface area contributed by atoms with Gasteiger partial charge in [-0.25, -0.2) is 18.9 Å². The van der Waals surface area contributed by atoms with E-state index in [-0.39, 0.29) is 30.5 Å². The van der Waals surface area contributed by atoms with Crippen LogP contribution < -0.4 is 15.7 Å². The number of nitrogens with zero attached hydrogens (tertiary/aromatic N) is 4. The Morgan fingerprint density at radius 3 is 2.73 bits per heavy atom. The zero-order valence-corrected chi connectivity index (χ0v) is 16.4. The Labute approximate surface area is 172 Å². The molecule has 0 unspecified atom stereocenters. The maximum Gasteiger partial charge on any atom is 0.346 e. The monoisotopic (exact) mass is 411 g/mol. The Bertz CT molecular complexity index is 1070. The van der Waals surface area contributed by atoms with Crippen molar-refractivity contribution in [3.05, 3.63) is 70.3 Å². The van der Waals surface area contributed by atoms with Crippen LogP contribution in [0.3, 0.4) is 0 Å². The average molecular weight is 411 g/mol. The molecule has 0 atom stereocenters. The normalized spacial score (nSPS) is 13.4. The molecule has 0 aliphatic carbocycles. The van der Waals surface area contributed by atoms with Crippen molar-refractivity contribution in [1.29, 1.82) is 0 Å². The van der Waals surface area contributed by atoms with Gasteiger partial charge in [-0.3, -0.25) is 9.36 Å². The quantitative estimate of drug-likeness (QED) is 0.673. The zero-order valence-electron chi connectivity index (χ0n) is 16.4. The third-order valence-corrected chi connectivity index (χ3v) is 4.90. The minimum absolute atomic E-state index is 0.113. The summed E-state index contributed by atoms with van der Waals surface area (Å²) >= 11 is 0. The molecule has 2 aromatic heterocycles. The molecule has 8 nitrogen and oxygen atoms in total. The summed E-state index contributed by atoms with van der Waals surface area (Å²) in [5, 5.41) is 7.09. The van der Waals surface area contributed by atoms with E-state index in [0.29, 0.717) is 18.2 Å². The molecule has 0 saturated heterocycles. The van der Waals surface area contributed by atoms with Crippen molar-refractivity contribution in [2.75, 3.05) is 0 Å². The van der Waals surface area contributed by atoms with Gasteiger partial charge in [-0.15, -0.1) is 0 Å². The summed E-state index contributed by atoms with van der Waals surface area (Å²) in [6.45, 7) is 0.816. The summed E-state index contributed by atoms with van der Waals surface area (Å²) in [7, 11) is 0.